The van der Waals surface area contributed by atoms with Crippen LogP contribution < -0.4 is 5.32 Å². The van der Waals surface area contributed by atoms with Gasteiger partial charge in [0.25, 0.3) is 0 Å². The molecule has 0 spiro atoms. The van der Waals surface area contributed by atoms with Crippen LogP contribution in [0.1, 0.15) is 59.3 Å². The summed E-state index contributed by atoms with van der Waals surface area (Å²) in [6.45, 7) is 9.26. The van der Waals surface area contributed by atoms with E-state index in [1.165, 1.54) is 38.5 Å². The van der Waals surface area contributed by atoms with Crippen LogP contribution in [0.2, 0.25) is 0 Å². The fourth-order valence-corrected chi connectivity index (χ4v) is 3.04. The van der Waals surface area contributed by atoms with E-state index in [-0.39, 0.29) is 0 Å². The van der Waals surface area contributed by atoms with E-state index in [0.29, 0.717) is 6.04 Å². The van der Waals surface area contributed by atoms with Crippen LogP contribution in [0.25, 0.3) is 0 Å². The third-order valence-electron chi connectivity index (χ3n) is 4.22. The van der Waals surface area contributed by atoms with Gasteiger partial charge in [-0.05, 0) is 38.8 Å². The van der Waals surface area contributed by atoms with Crippen molar-refractivity contribution in [3.63, 3.8) is 0 Å². The Kier molecular flexibility index (Phi) is 7.14. The molecule has 17 heavy (non-hydrogen) atoms. The Balaban J connectivity index is 2.43. The molecule has 1 unspecified atom stereocenters. The molecule has 1 aliphatic carbocycles. The predicted octanol–water partition coefficient (Wildman–Crippen LogP) is 3.28. The van der Waals surface area contributed by atoms with Gasteiger partial charge in [0.1, 0.15) is 0 Å². The fraction of sp³-hybridized carbons (Fsp3) is 1.00. The first kappa shape index (κ1) is 15.0. The van der Waals surface area contributed by atoms with Crippen molar-refractivity contribution in [2.75, 3.05) is 20.1 Å². The van der Waals surface area contributed by atoms with Crippen LogP contribution in [0.5, 0.6) is 0 Å². The standard InChI is InChI=1S/C15H32N2/c1-5-11-16-12-15(13(2)3)17(4)14-9-7-6-8-10-14/h13-16H,5-12H2,1-4H3. The van der Waals surface area contributed by atoms with Gasteiger partial charge in [-0.25, -0.2) is 0 Å². The highest BCUT2D eigenvalue weighted by Gasteiger charge is 2.25. The van der Waals surface area contributed by atoms with E-state index in [1.54, 1.807) is 0 Å². The molecule has 1 aliphatic rings. The normalized spacial score (nSPS) is 20.1. The molecule has 0 aromatic rings. The van der Waals surface area contributed by atoms with Crippen molar-refractivity contribution in [2.24, 2.45) is 5.92 Å². The molecular formula is C15H32N2. The maximum absolute atomic E-state index is 3.59. The number of nitrogens with one attached hydrogen (secondary N) is 1. The first-order valence-corrected chi connectivity index (χ1v) is 7.59. The molecule has 0 aromatic carbocycles. The summed E-state index contributed by atoms with van der Waals surface area (Å²) in [6.07, 6.45) is 8.37. The summed E-state index contributed by atoms with van der Waals surface area (Å²) < 4.78 is 0. The maximum Gasteiger partial charge on any atom is 0.0243 e. The molecule has 0 heterocycles. The first-order chi connectivity index (χ1) is 8.16. The molecule has 0 bridgehead atoms. The fourth-order valence-electron chi connectivity index (χ4n) is 3.04. The highest BCUT2D eigenvalue weighted by Crippen LogP contribution is 2.24. The molecule has 1 atom stereocenters. The number of rotatable bonds is 7. The van der Waals surface area contributed by atoms with Crippen molar-refractivity contribution in [3.8, 4) is 0 Å². The smallest absolute Gasteiger partial charge is 0.0243 e. The maximum atomic E-state index is 3.59. The lowest BCUT2D eigenvalue weighted by Crippen LogP contribution is -2.49. The molecule has 102 valence electrons. The van der Waals surface area contributed by atoms with Gasteiger partial charge in [0, 0.05) is 18.6 Å². The van der Waals surface area contributed by atoms with Crippen molar-refractivity contribution in [2.45, 2.75) is 71.4 Å². The second kappa shape index (κ2) is 8.10. The van der Waals surface area contributed by atoms with Gasteiger partial charge < -0.3 is 5.32 Å². The number of hydrogen-bond acceptors (Lipinski definition) is 2. The summed E-state index contributed by atoms with van der Waals surface area (Å²) in [5.41, 5.74) is 0. The van der Waals surface area contributed by atoms with E-state index in [4.69, 9.17) is 0 Å². The van der Waals surface area contributed by atoms with Crippen LogP contribution in [0.4, 0.5) is 0 Å². The van der Waals surface area contributed by atoms with Gasteiger partial charge in [-0.1, -0.05) is 40.0 Å². The average molecular weight is 240 g/mol. The SMILES string of the molecule is CCCNCC(C(C)C)N(C)C1CCCCC1. The molecule has 1 fully saturated rings. The first-order valence-electron chi connectivity index (χ1n) is 7.59. The Labute approximate surface area is 108 Å². The van der Waals surface area contributed by atoms with Crippen LogP contribution in [0, 0.1) is 5.92 Å². The summed E-state index contributed by atoms with van der Waals surface area (Å²) in [4.78, 5) is 2.66. The quantitative estimate of drug-likeness (QED) is 0.687. The van der Waals surface area contributed by atoms with Gasteiger partial charge in [0.15, 0.2) is 0 Å². The van der Waals surface area contributed by atoms with Crippen LogP contribution in [0.3, 0.4) is 0 Å². The Hall–Kier alpha value is -0.0800. The zero-order valence-electron chi connectivity index (χ0n) is 12.3. The molecule has 0 radical (unpaired) electrons. The molecule has 0 amide bonds. The highest BCUT2D eigenvalue weighted by molar-refractivity contribution is 4.82. The minimum Gasteiger partial charge on any atom is -0.315 e. The summed E-state index contributed by atoms with van der Waals surface area (Å²) in [6, 6.07) is 1.53. The lowest BCUT2D eigenvalue weighted by Gasteiger charge is -2.39. The van der Waals surface area contributed by atoms with Crippen LogP contribution in [-0.4, -0.2) is 37.1 Å². The zero-order valence-corrected chi connectivity index (χ0v) is 12.3. The number of hydrogen-bond donors (Lipinski definition) is 1. The van der Waals surface area contributed by atoms with E-state index in [1.807, 2.05) is 0 Å². The summed E-state index contributed by atoms with van der Waals surface area (Å²) >= 11 is 0. The lowest BCUT2D eigenvalue weighted by molar-refractivity contribution is 0.107. The largest absolute Gasteiger partial charge is 0.315 e. The van der Waals surface area contributed by atoms with Crippen molar-refractivity contribution in [3.05, 3.63) is 0 Å². The van der Waals surface area contributed by atoms with E-state index in [2.05, 4.69) is 38.0 Å². The molecule has 1 rings (SSSR count). The summed E-state index contributed by atoms with van der Waals surface area (Å²) in [5.74, 6) is 0.742. The van der Waals surface area contributed by atoms with E-state index in [0.717, 1.165) is 25.0 Å². The van der Waals surface area contributed by atoms with Gasteiger partial charge >= 0.3 is 0 Å². The van der Waals surface area contributed by atoms with Crippen LogP contribution in [-0.2, 0) is 0 Å². The monoisotopic (exact) mass is 240 g/mol. The molecule has 2 heteroatoms. The average Bonchev–Trinajstić information content (AvgIpc) is 2.34. The van der Waals surface area contributed by atoms with Gasteiger partial charge in [-0.15, -0.1) is 0 Å². The molecule has 1 saturated carbocycles. The van der Waals surface area contributed by atoms with Crippen molar-refractivity contribution in [1.29, 1.82) is 0 Å². The Morgan fingerprint density at radius 3 is 2.35 bits per heavy atom. The van der Waals surface area contributed by atoms with Gasteiger partial charge in [0.2, 0.25) is 0 Å². The topological polar surface area (TPSA) is 15.3 Å². The predicted molar refractivity (Wildman–Crippen MR) is 76.4 cm³/mol. The van der Waals surface area contributed by atoms with Gasteiger partial charge in [0.05, 0.1) is 0 Å². The Bertz CT molecular complexity index is 185. The van der Waals surface area contributed by atoms with E-state index < -0.39 is 0 Å². The van der Waals surface area contributed by atoms with E-state index in [9.17, 15) is 0 Å². The number of likely N-dealkylation sites (N-methyl/N-ethyl adjacent to an activating group) is 1. The molecular weight excluding hydrogens is 208 g/mol. The molecule has 1 N–H and O–H groups in total. The molecule has 0 aliphatic heterocycles. The van der Waals surface area contributed by atoms with Gasteiger partial charge in [-0.3, -0.25) is 4.90 Å². The minimum atomic E-state index is 0.699. The highest BCUT2D eigenvalue weighted by atomic mass is 15.2. The van der Waals surface area contributed by atoms with E-state index >= 15 is 0 Å². The van der Waals surface area contributed by atoms with Crippen molar-refractivity contribution in [1.82, 2.24) is 10.2 Å². The summed E-state index contributed by atoms with van der Waals surface area (Å²) in [7, 11) is 2.34. The van der Waals surface area contributed by atoms with Crippen molar-refractivity contribution < 1.29 is 0 Å². The second-order valence-corrected chi connectivity index (χ2v) is 5.97. The zero-order chi connectivity index (χ0) is 12.7. The lowest BCUT2D eigenvalue weighted by atomic mass is 9.91. The third kappa shape index (κ3) is 4.97. The van der Waals surface area contributed by atoms with Gasteiger partial charge in [-0.2, -0.15) is 0 Å². The molecule has 0 saturated heterocycles. The summed E-state index contributed by atoms with van der Waals surface area (Å²) in [5, 5.41) is 3.59. The second-order valence-electron chi connectivity index (χ2n) is 5.97. The third-order valence-corrected chi connectivity index (χ3v) is 4.22. The molecule has 2 nitrogen and oxygen atoms in total. The van der Waals surface area contributed by atoms with Crippen LogP contribution in [0.15, 0.2) is 0 Å². The molecule has 0 aromatic heterocycles. The Morgan fingerprint density at radius 1 is 1.18 bits per heavy atom. The van der Waals surface area contributed by atoms with Crippen molar-refractivity contribution >= 4 is 0 Å². The minimum absolute atomic E-state index is 0.699. The van der Waals surface area contributed by atoms with Crippen LogP contribution >= 0.6 is 0 Å². The Morgan fingerprint density at radius 2 is 1.82 bits per heavy atom. The number of nitrogens with zero attached hydrogens (tertiary/aromatic N) is 1.